The van der Waals surface area contributed by atoms with Crippen molar-refractivity contribution in [3.05, 3.63) is 116 Å². The molecule has 4 aromatic heterocycles. The number of thiophene rings is 2. The monoisotopic (exact) mass is 728 g/mol. The lowest BCUT2D eigenvalue weighted by molar-refractivity contribution is 0.106. The summed E-state index contributed by atoms with van der Waals surface area (Å²) in [6.07, 6.45) is 0. The van der Waals surface area contributed by atoms with Gasteiger partial charge in [0.05, 0.1) is 55.9 Å². The second-order valence-electron chi connectivity index (χ2n) is 11.5. The van der Waals surface area contributed by atoms with Gasteiger partial charge < -0.3 is 9.13 Å². The summed E-state index contributed by atoms with van der Waals surface area (Å²) in [5.74, 6) is -6.24. The number of rotatable bonds is 2. The van der Waals surface area contributed by atoms with Crippen LogP contribution in [0.3, 0.4) is 0 Å². The predicted octanol–water partition coefficient (Wildman–Crippen LogP) is 8.75. The molecule has 0 saturated carbocycles. The Morgan fingerprint density at radius 3 is 1.69 bits per heavy atom. The molecule has 0 radical (unpaired) electrons. The van der Waals surface area contributed by atoms with Gasteiger partial charge in [-0.2, -0.15) is 0 Å². The number of nitriles is 2. The Morgan fingerprint density at radius 2 is 1.19 bits per heavy atom. The summed E-state index contributed by atoms with van der Waals surface area (Å²) in [6.45, 7) is 14.9. The number of halogens is 4. The van der Waals surface area contributed by atoms with E-state index < -0.39 is 46.2 Å². The molecular weight excluding hydrogens is 717 g/mol. The second kappa shape index (κ2) is 11.3. The van der Waals surface area contributed by atoms with Gasteiger partial charge in [-0.15, -0.1) is 22.7 Å². The fourth-order valence-corrected chi connectivity index (χ4v) is 9.02. The molecule has 248 valence electrons. The SMILES string of the molecule is [C-]#[N+]C(C#N)=C1C(=Nc2cc3c(s2)c2sc4cc(N=C5C(=O)c6cc(F)c(F)cc6/C5=C(/C#N)[N+]#[C-])n(C)c4c2n3C)C(=O)c2cc(F)c(F)cc21. The minimum Gasteiger partial charge on any atom is -0.340 e. The molecule has 0 aliphatic heterocycles. The first kappa shape index (κ1) is 32.2. The van der Waals surface area contributed by atoms with Crippen LogP contribution in [-0.2, 0) is 14.1 Å². The summed E-state index contributed by atoms with van der Waals surface area (Å²) < 4.78 is 62.6. The van der Waals surface area contributed by atoms with Crippen molar-refractivity contribution >= 4 is 98.3 Å². The molecule has 2 aromatic carbocycles. The van der Waals surface area contributed by atoms with Crippen molar-refractivity contribution in [2.75, 3.05) is 0 Å². The van der Waals surface area contributed by atoms with Gasteiger partial charge in [-0.1, -0.05) is 0 Å². The van der Waals surface area contributed by atoms with Gasteiger partial charge in [0.25, 0.3) is 11.4 Å². The molecule has 16 heteroatoms. The zero-order chi connectivity index (χ0) is 36.9. The van der Waals surface area contributed by atoms with Crippen LogP contribution in [0.2, 0.25) is 0 Å². The molecule has 0 fully saturated rings. The highest BCUT2D eigenvalue weighted by Crippen LogP contribution is 2.48. The summed E-state index contributed by atoms with van der Waals surface area (Å²) in [7, 11) is 3.50. The molecule has 2 aliphatic carbocycles. The standard InChI is InChI=1S/C36H12F4N8O2S2/c1-43-21(11-41)27-13-5-17(37)19(39)7-15(13)33(49)29(27)45-25-10-24-31(48(25)4)32-36(51-24)35-23(47(32)3)9-26(52-35)46-30-28(22(12-42)44-2)14-6-18(38)20(40)8-16(14)34(30)50/h5-10H,3-4H3/b27-21+,28-22?,45-29?,46-30?. The maximum atomic E-state index is 14.2. The first-order valence-electron chi connectivity index (χ1n) is 14.7. The molecule has 4 heterocycles. The van der Waals surface area contributed by atoms with E-state index >= 15 is 0 Å². The molecule has 8 rings (SSSR count). The fraction of sp³-hybridized carbons (Fsp3) is 0.0556. The van der Waals surface area contributed by atoms with E-state index in [1.165, 1.54) is 22.7 Å². The molecule has 52 heavy (non-hydrogen) atoms. The van der Waals surface area contributed by atoms with Crippen molar-refractivity contribution in [3.8, 4) is 12.1 Å². The lowest BCUT2D eigenvalue weighted by Gasteiger charge is -2.04. The van der Waals surface area contributed by atoms with E-state index in [2.05, 4.69) is 19.7 Å². The number of fused-ring (bicyclic) bond motifs is 7. The summed E-state index contributed by atoms with van der Waals surface area (Å²) >= 11 is 2.61. The van der Waals surface area contributed by atoms with Crippen LogP contribution < -0.4 is 0 Å². The van der Waals surface area contributed by atoms with E-state index in [9.17, 15) is 37.7 Å². The average molecular weight is 729 g/mol. The lowest BCUT2D eigenvalue weighted by Crippen LogP contribution is -2.08. The maximum Gasteiger partial charge on any atom is 0.271 e. The lowest BCUT2D eigenvalue weighted by atomic mass is 10.0. The van der Waals surface area contributed by atoms with Gasteiger partial charge in [-0.25, -0.2) is 47.8 Å². The average Bonchev–Trinajstić information content (AvgIpc) is 3.93. The molecule has 0 atom stereocenters. The van der Waals surface area contributed by atoms with Gasteiger partial charge in [0, 0.05) is 42.4 Å². The Hall–Kier alpha value is -6.98. The van der Waals surface area contributed by atoms with Crippen molar-refractivity contribution in [3.63, 3.8) is 0 Å². The Kier molecular flexibility index (Phi) is 6.99. The largest absolute Gasteiger partial charge is 0.340 e. The highest BCUT2D eigenvalue weighted by atomic mass is 32.1. The Morgan fingerprint density at radius 1 is 0.692 bits per heavy atom. The summed E-state index contributed by atoms with van der Waals surface area (Å²) in [5.41, 5.74) is -0.329. The van der Waals surface area contributed by atoms with Crippen LogP contribution in [0.4, 0.5) is 28.4 Å². The van der Waals surface area contributed by atoms with Gasteiger partial charge in [0.1, 0.15) is 22.2 Å². The molecule has 2 aliphatic rings. The van der Waals surface area contributed by atoms with Crippen molar-refractivity contribution in [1.29, 1.82) is 10.5 Å². The number of benzene rings is 2. The summed E-state index contributed by atoms with van der Waals surface area (Å²) in [4.78, 5) is 42.2. The number of ketones is 2. The highest BCUT2D eigenvalue weighted by molar-refractivity contribution is 7.32. The number of hydrogen-bond donors (Lipinski definition) is 0. The van der Waals surface area contributed by atoms with Gasteiger partial charge in [-0.05, 0) is 41.5 Å². The zero-order valence-corrected chi connectivity index (χ0v) is 27.8. The van der Waals surface area contributed by atoms with Crippen molar-refractivity contribution < 1.29 is 27.2 Å². The Balaban J connectivity index is 1.26. The number of aliphatic imine (C=N–C) groups is 2. The second-order valence-corrected chi connectivity index (χ2v) is 13.6. The minimum absolute atomic E-state index is 0.0920. The molecule has 10 nitrogen and oxygen atoms in total. The first-order valence-corrected chi connectivity index (χ1v) is 16.4. The van der Waals surface area contributed by atoms with Gasteiger partial charge in [0.15, 0.2) is 23.3 Å². The van der Waals surface area contributed by atoms with Crippen LogP contribution in [-0.4, -0.2) is 32.1 Å². The fourth-order valence-electron chi connectivity index (χ4n) is 6.52. The van der Waals surface area contributed by atoms with Crippen LogP contribution in [0.25, 0.3) is 51.5 Å². The molecule has 0 unspecified atom stereocenters. The first-order chi connectivity index (χ1) is 24.9. The van der Waals surface area contributed by atoms with Crippen molar-refractivity contribution in [2.24, 2.45) is 24.1 Å². The third-order valence-electron chi connectivity index (χ3n) is 8.84. The van der Waals surface area contributed by atoms with E-state index in [-0.39, 0.29) is 50.6 Å². The maximum absolute atomic E-state index is 14.2. The zero-order valence-electron chi connectivity index (χ0n) is 26.2. The van der Waals surface area contributed by atoms with Crippen LogP contribution in [0, 0.1) is 59.1 Å². The minimum atomic E-state index is -1.26. The molecule has 0 spiro atoms. The Labute approximate surface area is 296 Å². The van der Waals surface area contributed by atoms with Crippen LogP contribution in [0.1, 0.15) is 31.8 Å². The van der Waals surface area contributed by atoms with Crippen LogP contribution in [0.5, 0.6) is 0 Å². The highest BCUT2D eigenvalue weighted by Gasteiger charge is 2.37. The molecule has 0 bridgehead atoms. The smallest absolute Gasteiger partial charge is 0.271 e. The molecule has 6 aromatic rings. The number of carbonyl (C=O) groups excluding carboxylic acids is 2. The van der Waals surface area contributed by atoms with Crippen molar-refractivity contribution in [2.45, 2.75) is 0 Å². The molecule has 0 saturated heterocycles. The molecular formula is C36H12F4N8O2S2. The summed E-state index contributed by atoms with van der Waals surface area (Å²) in [5, 5.41) is 19.6. The number of aryl methyl sites for hydroxylation is 2. The van der Waals surface area contributed by atoms with E-state index in [0.717, 1.165) is 49.4 Å². The number of nitrogens with zero attached hydrogens (tertiary/aromatic N) is 8. The third kappa shape index (κ3) is 4.29. The summed E-state index contributed by atoms with van der Waals surface area (Å²) in [6, 6.07) is 9.84. The van der Waals surface area contributed by atoms with E-state index in [0.29, 0.717) is 10.5 Å². The van der Waals surface area contributed by atoms with Gasteiger partial charge >= 0.3 is 0 Å². The van der Waals surface area contributed by atoms with E-state index in [1.54, 1.807) is 42.9 Å². The number of allylic oxidation sites excluding steroid dienone is 4. The van der Waals surface area contributed by atoms with Gasteiger partial charge in [-0.3, -0.25) is 9.59 Å². The molecule has 0 N–H and O–H groups in total. The number of carbonyl (C=O) groups is 2. The van der Waals surface area contributed by atoms with Crippen LogP contribution >= 0.6 is 22.7 Å². The number of hydrogen-bond acceptors (Lipinski definition) is 8. The molecule has 0 amide bonds. The van der Waals surface area contributed by atoms with Crippen LogP contribution in [0.15, 0.2) is 57.8 Å². The quantitative estimate of drug-likeness (QED) is 0.100. The van der Waals surface area contributed by atoms with E-state index in [4.69, 9.17) is 13.1 Å². The van der Waals surface area contributed by atoms with E-state index in [1.807, 2.05) is 4.57 Å². The number of Topliss-reactive ketones (excluding diaryl/α,β-unsaturated/α-hetero) is 2. The Bertz CT molecular complexity index is 3040. The normalized spacial score (nSPS) is 17.2. The predicted molar refractivity (Wildman–Crippen MR) is 186 cm³/mol. The van der Waals surface area contributed by atoms with Crippen molar-refractivity contribution in [1.82, 2.24) is 9.13 Å². The topological polar surface area (TPSA) is 125 Å². The van der Waals surface area contributed by atoms with Gasteiger partial charge in [0.2, 0.25) is 11.6 Å². The third-order valence-corrected chi connectivity index (χ3v) is 11.1. The number of aromatic nitrogens is 2.